The Morgan fingerprint density at radius 1 is 1.33 bits per heavy atom. The number of nitrogens with two attached hydrogens (primary N) is 1. The number of hydrogen-bond acceptors (Lipinski definition) is 5. The third-order valence-corrected chi connectivity index (χ3v) is 3.96. The Bertz CT molecular complexity index is 920. The van der Waals surface area contributed by atoms with Crippen LogP contribution in [0.1, 0.15) is 0 Å². The smallest absolute Gasteiger partial charge is 0.403 e. The fourth-order valence-electron chi connectivity index (χ4n) is 2.17. The molecular weight excluding hydrogens is 415 g/mol. The number of rotatable bonds is 2. The number of ether oxygens (including phenoxy) is 1. The van der Waals surface area contributed by atoms with Gasteiger partial charge in [-0.1, -0.05) is 11.6 Å². The highest BCUT2D eigenvalue weighted by molar-refractivity contribution is 9.10. The number of aryl methyl sites for hydroxylation is 1. The Morgan fingerprint density at radius 3 is 2.67 bits per heavy atom. The first-order chi connectivity index (χ1) is 11.2. The summed E-state index contributed by atoms with van der Waals surface area (Å²) in [5.41, 5.74) is 6.96. The van der Waals surface area contributed by atoms with Crippen molar-refractivity contribution >= 4 is 44.5 Å². The summed E-state index contributed by atoms with van der Waals surface area (Å²) in [6.07, 6.45) is -3.36. The molecule has 0 atom stereocenters. The monoisotopic (exact) mass is 421 g/mol. The molecule has 3 aromatic rings. The van der Waals surface area contributed by atoms with Crippen molar-refractivity contribution in [3.8, 4) is 17.0 Å². The quantitative estimate of drug-likeness (QED) is 0.677. The van der Waals surface area contributed by atoms with E-state index < -0.39 is 12.1 Å². The van der Waals surface area contributed by atoms with Gasteiger partial charge < -0.3 is 10.5 Å². The lowest BCUT2D eigenvalue weighted by Gasteiger charge is -2.13. The highest BCUT2D eigenvalue weighted by Gasteiger charge is 2.33. The van der Waals surface area contributed by atoms with Crippen LogP contribution in [-0.4, -0.2) is 26.1 Å². The maximum absolute atomic E-state index is 12.4. The van der Waals surface area contributed by atoms with Crippen molar-refractivity contribution in [2.75, 3.05) is 5.73 Å². The van der Waals surface area contributed by atoms with E-state index in [-0.39, 0.29) is 15.4 Å². The minimum absolute atomic E-state index is 0.0393. The molecule has 0 saturated carbocycles. The normalized spacial score (nSPS) is 11.9. The molecule has 0 aliphatic rings. The first-order valence-corrected chi connectivity index (χ1v) is 7.53. The molecule has 11 heteroatoms. The number of alkyl halides is 3. The van der Waals surface area contributed by atoms with Crippen LogP contribution in [0, 0.1) is 0 Å². The molecule has 2 N–H and O–H groups in total. The van der Waals surface area contributed by atoms with E-state index in [1.54, 1.807) is 7.05 Å². The second-order valence-electron chi connectivity index (χ2n) is 4.75. The van der Waals surface area contributed by atoms with Gasteiger partial charge in [0.05, 0.1) is 14.9 Å². The molecule has 126 valence electrons. The Balaban J connectivity index is 2.15. The average Bonchev–Trinajstić information content (AvgIpc) is 2.78. The number of benzene rings is 1. The van der Waals surface area contributed by atoms with Crippen molar-refractivity contribution in [2.24, 2.45) is 7.05 Å². The average molecular weight is 423 g/mol. The fraction of sp³-hybridized carbons (Fsp3) is 0.154. The second kappa shape index (κ2) is 5.78. The van der Waals surface area contributed by atoms with Gasteiger partial charge in [-0.2, -0.15) is 10.1 Å². The van der Waals surface area contributed by atoms with Gasteiger partial charge in [-0.05, 0) is 28.1 Å². The molecule has 0 saturated heterocycles. The Labute approximate surface area is 146 Å². The zero-order valence-electron chi connectivity index (χ0n) is 11.9. The van der Waals surface area contributed by atoms with Gasteiger partial charge in [0.2, 0.25) is 5.95 Å². The van der Waals surface area contributed by atoms with Crippen LogP contribution < -0.4 is 10.5 Å². The minimum Gasteiger partial charge on any atom is -0.403 e. The molecule has 0 radical (unpaired) electrons. The largest absolute Gasteiger partial charge is 0.573 e. The maximum Gasteiger partial charge on any atom is 0.573 e. The molecule has 1 aromatic carbocycles. The number of aromatic nitrogens is 4. The Kier molecular flexibility index (Phi) is 4.04. The molecule has 0 aliphatic heterocycles. The number of halogens is 5. The molecule has 0 amide bonds. The van der Waals surface area contributed by atoms with Crippen LogP contribution >= 0.6 is 27.5 Å². The molecule has 24 heavy (non-hydrogen) atoms. The minimum atomic E-state index is -4.85. The van der Waals surface area contributed by atoms with E-state index in [0.717, 1.165) is 0 Å². The van der Waals surface area contributed by atoms with Gasteiger partial charge in [-0.3, -0.25) is 0 Å². The number of nitrogen functional groups attached to an aromatic ring is 1. The lowest BCUT2D eigenvalue weighted by molar-refractivity contribution is -0.274. The third kappa shape index (κ3) is 3.11. The maximum atomic E-state index is 12.4. The predicted molar refractivity (Wildman–Crippen MR) is 85.5 cm³/mol. The summed E-state index contributed by atoms with van der Waals surface area (Å²) < 4.78 is 42.7. The Hall–Kier alpha value is -2.07. The highest BCUT2D eigenvalue weighted by atomic mass is 79.9. The topological polar surface area (TPSA) is 78.8 Å². The van der Waals surface area contributed by atoms with E-state index in [4.69, 9.17) is 17.3 Å². The van der Waals surface area contributed by atoms with Crippen LogP contribution in [0.2, 0.25) is 5.02 Å². The van der Waals surface area contributed by atoms with E-state index in [1.165, 1.54) is 23.0 Å². The lowest BCUT2D eigenvalue weighted by atomic mass is 10.1. The van der Waals surface area contributed by atoms with E-state index in [9.17, 15) is 13.2 Å². The molecular formula is C13H8BrClF3N5O. The van der Waals surface area contributed by atoms with Gasteiger partial charge in [0.1, 0.15) is 5.69 Å². The molecule has 2 heterocycles. The van der Waals surface area contributed by atoms with E-state index in [1.807, 2.05) is 0 Å². The number of anilines is 1. The van der Waals surface area contributed by atoms with Crippen LogP contribution in [0.3, 0.4) is 0 Å². The third-order valence-electron chi connectivity index (χ3n) is 3.09. The van der Waals surface area contributed by atoms with Gasteiger partial charge in [0, 0.05) is 18.8 Å². The molecule has 0 bridgehead atoms. The molecule has 0 fully saturated rings. The summed E-state index contributed by atoms with van der Waals surface area (Å²) in [6.45, 7) is 0. The van der Waals surface area contributed by atoms with Crippen molar-refractivity contribution in [1.29, 1.82) is 0 Å². The number of hydrogen-bond donors (Lipinski definition) is 1. The predicted octanol–water partition coefficient (Wildman–Crippen LogP) is 3.93. The standard InChI is InChI=1S/C13H8BrClF3N5O/c1-23-11-6(4-20-12(19)21-11)9(22-23)5-2-7(14)10(8(15)3-5)24-13(16,17)18/h2-4H,1H3,(H2,19,20,21). The second-order valence-corrected chi connectivity index (χ2v) is 6.02. The van der Waals surface area contributed by atoms with Gasteiger partial charge in [0.25, 0.3) is 0 Å². The van der Waals surface area contributed by atoms with Crippen LogP contribution in [0.5, 0.6) is 5.75 Å². The lowest BCUT2D eigenvalue weighted by Crippen LogP contribution is -2.17. The van der Waals surface area contributed by atoms with Crippen molar-refractivity contribution in [3.63, 3.8) is 0 Å². The molecule has 3 rings (SSSR count). The zero-order chi connectivity index (χ0) is 17.6. The van der Waals surface area contributed by atoms with Gasteiger partial charge in [-0.15, -0.1) is 13.2 Å². The fourth-order valence-corrected chi connectivity index (χ4v) is 3.09. The first kappa shape index (κ1) is 16.8. The van der Waals surface area contributed by atoms with Crippen molar-refractivity contribution < 1.29 is 17.9 Å². The summed E-state index contributed by atoms with van der Waals surface area (Å²) in [5, 5.41) is 4.67. The summed E-state index contributed by atoms with van der Waals surface area (Å²) in [4.78, 5) is 7.99. The van der Waals surface area contributed by atoms with Crippen LogP contribution in [0.15, 0.2) is 22.8 Å². The summed E-state index contributed by atoms with van der Waals surface area (Å²) in [5.74, 6) is -0.432. The van der Waals surface area contributed by atoms with Crippen molar-refractivity contribution in [3.05, 3.63) is 27.8 Å². The Morgan fingerprint density at radius 2 is 2.04 bits per heavy atom. The molecule has 6 nitrogen and oxygen atoms in total. The van der Waals surface area contributed by atoms with Gasteiger partial charge in [-0.25, -0.2) is 9.67 Å². The summed E-state index contributed by atoms with van der Waals surface area (Å²) in [6, 6.07) is 2.75. The van der Waals surface area contributed by atoms with Crippen LogP contribution in [0.4, 0.5) is 19.1 Å². The van der Waals surface area contributed by atoms with Crippen LogP contribution in [-0.2, 0) is 7.05 Å². The zero-order valence-corrected chi connectivity index (χ0v) is 14.2. The van der Waals surface area contributed by atoms with E-state index in [0.29, 0.717) is 22.3 Å². The number of fused-ring (bicyclic) bond motifs is 1. The number of nitrogens with zero attached hydrogens (tertiary/aromatic N) is 4. The van der Waals surface area contributed by atoms with Crippen LogP contribution in [0.25, 0.3) is 22.3 Å². The van der Waals surface area contributed by atoms with E-state index >= 15 is 0 Å². The molecule has 0 spiro atoms. The SMILES string of the molecule is Cn1nc(-c2cc(Cl)c(OC(F)(F)F)c(Br)c2)c2cnc(N)nc21. The van der Waals surface area contributed by atoms with Gasteiger partial charge >= 0.3 is 6.36 Å². The highest BCUT2D eigenvalue weighted by Crippen LogP contribution is 2.41. The van der Waals surface area contributed by atoms with Crippen molar-refractivity contribution in [2.45, 2.75) is 6.36 Å². The van der Waals surface area contributed by atoms with E-state index in [2.05, 4.69) is 35.7 Å². The first-order valence-electron chi connectivity index (χ1n) is 6.36. The molecule has 0 unspecified atom stereocenters. The molecule has 0 aliphatic carbocycles. The summed E-state index contributed by atoms with van der Waals surface area (Å²) in [7, 11) is 1.66. The van der Waals surface area contributed by atoms with Gasteiger partial charge in [0.15, 0.2) is 11.4 Å². The van der Waals surface area contributed by atoms with Crippen molar-refractivity contribution in [1.82, 2.24) is 19.7 Å². The molecule has 2 aromatic heterocycles. The summed E-state index contributed by atoms with van der Waals surface area (Å²) >= 11 is 8.97.